The third kappa shape index (κ3) is 4.48. The van der Waals surface area contributed by atoms with E-state index in [0.717, 1.165) is 5.56 Å². The Bertz CT molecular complexity index is 885. The first kappa shape index (κ1) is 19.8. The molecule has 2 aromatic rings. The number of carbonyl (C=O) groups is 2. The predicted octanol–water partition coefficient (Wildman–Crippen LogP) is 2.94. The second-order valence-corrected chi connectivity index (χ2v) is 6.50. The maximum Gasteiger partial charge on any atom is 0.343 e. The van der Waals surface area contributed by atoms with E-state index in [1.54, 1.807) is 35.2 Å². The van der Waals surface area contributed by atoms with E-state index < -0.39 is 5.97 Å². The van der Waals surface area contributed by atoms with E-state index in [0.29, 0.717) is 47.5 Å². The molecule has 148 valence electrons. The highest BCUT2D eigenvalue weighted by Gasteiger charge is 2.24. The topological polar surface area (TPSA) is 74.3 Å². The van der Waals surface area contributed by atoms with Gasteiger partial charge in [-0.1, -0.05) is 17.7 Å². The molecule has 3 rings (SSSR count). The Balaban J connectivity index is 1.77. The van der Waals surface area contributed by atoms with Crippen molar-refractivity contribution < 1.29 is 28.5 Å². The van der Waals surface area contributed by atoms with Gasteiger partial charge in [0.25, 0.3) is 5.91 Å². The lowest BCUT2D eigenvalue weighted by Gasteiger charge is -2.21. The van der Waals surface area contributed by atoms with Crippen molar-refractivity contribution in [1.29, 1.82) is 0 Å². The largest absolute Gasteiger partial charge is 0.493 e. The fraction of sp³-hybridized carbons (Fsp3) is 0.300. The molecule has 0 fully saturated rings. The summed E-state index contributed by atoms with van der Waals surface area (Å²) >= 11 is 6.03. The third-order valence-corrected chi connectivity index (χ3v) is 4.49. The molecule has 0 bridgehead atoms. The van der Waals surface area contributed by atoms with E-state index in [4.69, 9.17) is 25.8 Å². The lowest BCUT2D eigenvalue weighted by Crippen LogP contribution is -2.31. The fourth-order valence-corrected chi connectivity index (χ4v) is 3.00. The van der Waals surface area contributed by atoms with Gasteiger partial charge in [-0.05, 0) is 35.9 Å². The molecule has 0 saturated heterocycles. The van der Waals surface area contributed by atoms with Gasteiger partial charge in [0, 0.05) is 11.6 Å². The van der Waals surface area contributed by atoms with Crippen LogP contribution in [-0.2, 0) is 16.1 Å². The van der Waals surface area contributed by atoms with E-state index in [2.05, 4.69) is 4.74 Å². The van der Waals surface area contributed by atoms with Gasteiger partial charge in [-0.2, -0.15) is 0 Å². The van der Waals surface area contributed by atoms with Gasteiger partial charge < -0.3 is 23.8 Å². The molecule has 7 nitrogen and oxygen atoms in total. The number of nitrogens with zero attached hydrogens (tertiary/aromatic N) is 1. The maximum atomic E-state index is 12.9. The van der Waals surface area contributed by atoms with Crippen molar-refractivity contribution in [3.8, 4) is 17.2 Å². The predicted molar refractivity (Wildman–Crippen MR) is 102 cm³/mol. The molecule has 1 amide bonds. The summed E-state index contributed by atoms with van der Waals surface area (Å²) in [6.07, 6.45) is 0. The normalized spacial score (nSPS) is 13.2. The van der Waals surface area contributed by atoms with Crippen molar-refractivity contribution in [3.05, 3.63) is 52.5 Å². The number of benzene rings is 2. The molecule has 0 atom stereocenters. The zero-order valence-corrected chi connectivity index (χ0v) is 16.3. The zero-order valence-electron chi connectivity index (χ0n) is 15.6. The first-order valence-corrected chi connectivity index (χ1v) is 8.97. The minimum Gasteiger partial charge on any atom is -0.493 e. The molecule has 2 aromatic carbocycles. The van der Waals surface area contributed by atoms with Crippen LogP contribution in [0.1, 0.15) is 15.9 Å². The smallest absolute Gasteiger partial charge is 0.343 e. The van der Waals surface area contributed by atoms with Gasteiger partial charge in [-0.3, -0.25) is 4.79 Å². The van der Waals surface area contributed by atoms with E-state index >= 15 is 0 Å². The number of hydrogen-bond donors (Lipinski definition) is 0. The summed E-state index contributed by atoms with van der Waals surface area (Å²) in [4.78, 5) is 25.8. The van der Waals surface area contributed by atoms with E-state index in [1.807, 2.05) is 6.07 Å². The van der Waals surface area contributed by atoms with Crippen molar-refractivity contribution in [3.63, 3.8) is 0 Å². The van der Waals surface area contributed by atoms with E-state index in [-0.39, 0.29) is 12.5 Å². The molecule has 1 aliphatic heterocycles. The molecule has 1 aliphatic rings. The first-order valence-electron chi connectivity index (χ1n) is 8.60. The van der Waals surface area contributed by atoms with Crippen molar-refractivity contribution >= 4 is 23.5 Å². The molecule has 0 aromatic heterocycles. The van der Waals surface area contributed by atoms with Gasteiger partial charge in [0.15, 0.2) is 18.1 Å². The van der Waals surface area contributed by atoms with E-state index in [1.165, 1.54) is 14.2 Å². The number of carbonyl (C=O) groups excluding carboxylic acids is 2. The fourth-order valence-electron chi connectivity index (χ4n) is 2.83. The van der Waals surface area contributed by atoms with Crippen molar-refractivity contribution in [1.82, 2.24) is 4.90 Å². The summed E-state index contributed by atoms with van der Waals surface area (Å²) in [6, 6.07) is 10.3. The van der Waals surface area contributed by atoms with Crippen LogP contribution in [0.15, 0.2) is 36.4 Å². The van der Waals surface area contributed by atoms with Crippen molar-refractivity contribution in [2.24, 2.45) is 0 Å². The average Bonchev–Trinajstić information content (AvgIpc) is 2.85. The van der Waals surface area contributed by atoms with Crippen LogP contribution >= 0.6 is 11.6 Å². The number of halogens is 1. The SMILES string of the molecule is COC(=O)COc1ccc(CN2CCOc3ccc(Cl)cc3C2=O)cc1OC. The lowest BCUT2D eigenvalue weighted by atomic mass is 10.1. The maximum absolute atomic E-state index is 12.9. The van der Waals surface area contributed by atoms with Crippen LogP contribution in [0.25, 0.3) is 0 Å². The molecule has 1 heterocycles. The van der Waals surface area contributed by atoms with Crippen LogP contribution < -0.4 is 14.2 Å². The molecule has 0 N–H and O–H groups in total. The molecule has 0 spiro atoms. The lowest BCUT2D eigenvalue weighted by molar-refractivity contribution is -0.142. The Morgan fingerprint density at radius 2 is 2.00 bits per heavy atom. The Hall–Kier alpha value is -2.93. The number of hydrogen-bond acceptors (Lipinski definition) is 6. The summed E-state index contributed by atoms with van der Waals surface area (Å²) < 4.78 is 21.0. The van der Waals surface area contributed by atoms with Gasteiger partial charge in [-0.15, -0.1) is 0 Å². The van der Waals surface area contributed by atoms with Gasteiger partial charge in [-0.25, -0.2) is 4.79 Å². The van der Waals surface area contributed by atoms with Crippen molar-refractivity contribution in [2.45, 2.75) is 6.54 Å². The molecule has 8 heteroatoms. The number of ether oxygens (including phenoxy) is 4. The second-order valence-electron chi connectivity index (χ2n) is 6.07. The standard InChI is InChI=1S/C20H20ClNO6/c1-25-18-9-13(3-5-17(18)28-12-19(23)26-2)11-22-7-8-27-16-6-4-14(21)10-15(16)20(22)24/h3-6,9-10H,7-8,11-12H2,1-2H3. The molecule has 0 aliphatic carbocycles. The van der Waals surface area contributed by atoms with Crippen LogP contribution in [0.5, 0.6) is 17.2 Å². The Morgan fingerprint density at radius 1 is 1.18 bits per heavy atom. The highest BCUT2D eigenvalue weighted by Crippen LogP contribution is 2.30. The minimum atomic E-state index is -0.487. The quantitative estimate of drug-likeness (QED) is 0.688. The first-order chi connectivity index (χ1) is 13.5. The highest BCUT2D eigenvalue weighted by atomic mass is 35.5. The van der Waals surface area contributed by atoms with Gasteiger partial charge in [0.1, 0.15) is 12.4 Å². The number of esters is 1. The van der Waals surface area contributed by atoms with Crippen LogP contribution in [0.4, 0.5) is 0 Å². The number of amides is 1. The van der Waals surface area contributed by atoms with E-state index in [9.17, 15) is 9.59 Å². The molecule has 28 heavy (non-hydrogen) atoms. The van der Waals surface area contributed by atoms with Crippen LogP contribution in [0.2, 0.25) is 5.02 Å². The number of fused-ring (bicyclic) bond motifs is 1. The summed E-state index contributed by atoms with van der Waals surface area (Å²) in [5.74, 6) is 0.766. The van der Waals surface area contributed by atoms with Crippen LogP contribution in [0.3, 0.4) is 0 Å². The monoisotopic (exact) mass is 405 g/mol. The summed E-state index contributed by atoms with van der Waals surface area (Å²) in [5.41, 5.74) is 1.29. The van der Waals surface area contributed by atoms with Gasteiger partial charge in [0.05, 0.1) is 26.3 Å². The van der Waals surface area contributed by atoms with Crippen molar-refractivity contribution in [2.75, 3.05) is 34.0 Å². The molecular formula is C20H20ClNO6. The molecule has 0 saturated carbocycles. The Labute approximate surface area is 167 Å². The Kier molecular flexibility index (Phi) is 6.26. The minimum absolute atomic E-state index is 0.153. The number of methoxy groups -OCH3 is 2. The molecular weight excluding hydrogens is 386 g/mol. The van der Waals surface area contributed by atoms with Crippen LogP contribution in [0, 0.1) is 0 Å². The average molecular weight is 406 g/mol. The molecule has 0 radical (unpaired) electrons. The second kappa shape index (κ2) is 8.84. The van der Waals surface area contributed by atoms with Gasteiger partial charge in [0.2, 0.25) is 0 Å². The zero-order chi connectivity index (χ0) is 20.1. The van der Waals surface area contributed by atoms with Gasteiger partial charge >= 0.3 is 5.97 Å². The van der Waals surface area contributed by atoms with Crippen LogP contribution in [-0.4, -0.2) is 50.8 Å². The summed E-state index contributed by atoms with van der Waals surface area (Å²) in [6.45, 7) is 0.972. The summed E-state index contributed by atoms with van der Waals surface area (Å²) in [7, 11) is 2.80. The molecule has 0 unspecified atom stereocenters. The highest BCUT2D eigenvalue weighted by molar-refractivity contribution is 6.31. The third-order valence-electron chi connectivity index (χ3n) is 4.25. The summed E-state index contributed by atoms with van der Waals surface area (Å²) in [5, 5.41) is 0.478. The number of rotatable bonds is 6. The Morgan fingerprint density at radius 3 is 2.75 bits per heavy atom.